The van der Waals surface area contributed by atoms with E-state index in [9.17, 15) is 10.1 Å². The van der Waals surface area contributed by atoms with Crippen LogP contribution >= 0.6 is 0 Å². The van der Waals surface area contributed by atoms with Gasteiger partial charge in [-0.2, -0.15) is 0 Å². The van der Waals surface area contributed by atoms with E-state index in [1.54, 1.807) is 19.2 Å². The highest BCUT2D eigenvalue weighted by Crippen LogP contribution is 2.28. The van der Waals surface area contributed by atoms with Gasteiger partial charge in [0.2, 0.25) is 0 Å². The van der Waals surface area contributed by atoms with E-state index in [-0.39, 0.29) is 16.7 Å². The minimum absolute atomic E-state index is 0.00773. The Kier molecular flexibility index (Phi) is 7.24. The first-order chi connectivity index (χ1) is 15.6. The number of piperazine rings is 1. The van der Waals surface area contributed by atoms with E-state index in [1.807, 2.05) is 24.3 Å². The number of methoxy groups -OCH3 is 1. The molecule has 0 aromatic heterocycles. The average Bonchev–Trinajstić information content (AvgIpc) is 3.31. The van der Waals surface area contributed by atoms with Crippen molar-refractivity contribution in [2.45, 2.75) is 25.4 Å². The zero-order valence-corrected chi connectivity index (χ0v) is 18.4. The Morgan fingerprint density at radius 1 is 1.12 bits per heavy atom. The summed E-state index contributed by atoms with van der Waals surface area (Å²) in [6.07, 6.45) is 5.12. The largest absolute Gasteiger partial charge is 0.495 e. The maximum atomic E-state index is 11.0. The summed E-state index contributed by atoms with van der Waals surface area (Å²) >= 11 is 0. The van der Waals surface area contributed by atoms with Gasteiger partial charge in [0.25, 0.3) is 5.69 Å². The average molecular weight is 439 g/mol. The number of para-hydroxylation sites is 2. The summed E-state index contributed by atoms with van der Waals surface area (Å²) < 4.78 is 5.50. The monoisotopic (exact) mass is 438 g/mol. The lowest BCUT2D eigenvalue weighted by Gasteiger charge is -2.36. The van der Waals surface area contributed by atoms with E-state index in [0.717, 1.165) is 69.0 Å². The molecule has 1 unspecified atom stereocenters. The normalized spacial score (nSPS) is 18.8. The molecule has 2 aromatic carbocycles. The molecule has 0 aliphatic carbocycles. The van der Waals surface area contributed by atoms with Crippen molar-refractivity contribution >= 4 is 17.1 Å². The number of nitrogens with one attached hydrogen (secondary N) is 1. The van der Waals surface area contributed by atoms with Crippen LogP contribution in [0.2, 0.25) is 0 Å². The summed E-state index contributed by atoms with van der Waals surface area (Å²) in [5, 5.41) is 11.0. The van der Waals surface area contributed by atoms with Crippen LogP contribution in [0.3, 0.4) is 0 Å². The number of hydrogen-bond donors (Lipinski definition) is 1. The number of benzene rings is 2. The summed E-state index contributed by atoms with van der Waals surface area (Å²) in [5.41, 5.74) is 5.75. The van der Waals surface area contributed by atoms with Crippen molar-refractivity contribution in [1.82, 2.24) is 10.4 Å². The molecule has 2 aromatic rings. The Hall–Kier alpha value is -3.10. The summed E-state index contributed by atoms with van der Waals surface area (Å²) in [7, 11) is 1.72. The predicted molar refractivity (Wildman–Crippen MR) is 125 cm³/mol. The molecule has 1 N–H and O–H groups in total. The first-order valence-electron chi connectivity index (χ1n) is 11.1. The summed E-state index contributed by atoms with van der Waals surface area (Å²) in [6.45, 7) is 5.20. The standard InChI is InChI=1S/C24H30N4O4/c1-31-24-11-3-2-10-23(24)27-15-13-26(14-16-27)12-5-4-9-21-18-22(25-32-21)19-7-6-8-20(17-19)28(29)30/h2-3,6-8,10-11,17-18,21,25H,4-5,9,12-16H2,1H3. The topological polar surface area (TPSA) is 80.1 Å². The molecule has 8 nitrogen and oxygen atoms in total. The molecular weight excluding hydrogens is 408 g/mol. The molecule has 1 fully saturated rings. The van der Waals surface area contributed by atoms with Gasteiger partial charge in [0.05, 0.1) is 23.4 Å². The van der Waals surface area contributed by atoms with Gasteiger partial charge in [-0.05, 0) is 44.0 Å². The van der Waals surface area contributed by atoms with Crippen LogP contribution in [0.25, 0.3) is 5.70 Å². The van der Waals surface area contributed by atoms with Crippen molar-refractivity contribution in [2.24, 2.45) is 0 Å². The van der Waals surface area contributed by atoms with Crippen LogP contribution in [0.1, 0.15) is 24.8 Å². The van der Waals surface area contributed by atoms with Crippen LogP contribution in [-0.4, -0.2) is 55.8 Å². The van der Waals surface area contributed by atoms with Crippen molar-refractivity contribution in [3.8, 4) is 5.75 Å². The first kappa shape index (κ1) is 22.1. The molecule has 2 heterocycles. The van der Waals surface area contributed by atoms with Gasteiger partial charge in [-0.1, -0.05) is 24.3 Å². The lowest BCUT2D eigenvalue weighted by Crippen LogP contribution is -2.46. The Bertz CT molecular complexity index is 957. The van der Waals surface area contributed by atoms with E-state index in [0.29, 0.717) is 0 Å². The molecule has 0 radical (unpaired) electrons. The molecule has 170 valence electrons. The zero-order chi connectivity index (χ0) is 22.3. The number of anilines is 1. The fraction of sp³-hybridized carbons (Fsp3) is 0.417. The van der Waals surface area contributed by atoms with E-state index in [4.69, 9.17) is 9.57 Å². The summed E-state index contributed by atoms with van der Waals surface area (Å²) in [5.74, 6) is 0.934. The first-order valence-corrected chi connectivity index (χ1v) is 11.1. The lowest BCUT2D eigenvalue weighted by atomic mass is 10.1. The minimum atomic E-state index is -0.381. The number of rotatable bonds is 9. The number of ether oxygens (including phenoxy) is 1. The minimum Gasteiger partial charge on any atom is -0.495 e. The van der Waals surface area contributed by atoms with Gasteiger partial charge >= 0.3 is 0 Å². The second-order valence-electron chi connectivity index (χ2n) is 8.14. The summed E-state index contributed by atoms with van der Waals surface area (Å²) in [4.78, 5) is 21.2. The maximum Gasteiger partial charge on any atom is 0.270 e. The number of nitro benzene ring substituents is 1. The van der Waals surface area contributed by atoms with Crippen LogP contribution in [-0.2, 0) is 4.84 Å². The van der Waals surface area contributed by atoms with Crippen molar-refractivity contribution in [3.05, 3.63) is 70.3 Å². The molecule has 0 bridgehead atoms. The van der Waals surface area contributed by atoms with E-state index in [1.165, 1.54) is 11.8 Å². The second-order valence-corrected chi connectivity index (χ2v) is 8.14. The lowest BCUT2D eigenvalue weighted by molar-refractivity contribution is -0.384. The number of non-ortho nitro benzene ring substituents is 1. The van der Waals surface area contributed by atoms with Gasteiger partial charge in [0.1, 0.15) is 11.9 Å². The third kappa shape index (κ3) is 5.38. The van der Waals surface area contributed by atoms with Gasteiger partial charge in [0, 0.05) is 43.9 Å². The van der Waals surface area contributed by atoms with Crippen LogP contribution in [0.5, 0.6) is 5.75 Å². The van der Waals surface area contributed by atoms with Gasteiger partial charge in [-0.25, -0.2) is 0 Å². The molecule has 2 aliphatic rings. The molecule has 32 heavy (non-hydrogen) atoms. The summed E-state index contributed by atoms with van der Waals surface area (Å²) in [6, 6.07) is 14.8. The number of nitrogens with zero attached hydrogens (tertiary/aromatic N) is 3. The fourth-order valence-corrected chi connectivity index (χ4v) is 4.26. The quantitative estimate of drug-likeness (QED) is 0.362. The van der Waals surface area contributed by atoms with Gasteiger partial charge in [-0.3, -0.25) is 25.3 Å². The Labute approximate surface area is 188 Å². The van der Waals surface area contributed by atoms with Crippen LogP contribution < -0.4 is 15.1 Å². The number of nitro groups is 1. The molecule has 4 rings (SSSR count). The number of unbranched alkanes of at least 4 members (excludes halogenated alkanes) is 1. The molecule has 1 atom stereocenters. The van der Waals surface area contributed by atoms with E-state index in [2.05, 4.69) is 27.4 Å². The van der Waals surface area contributed by atoms with Crippen LogP contribution in [0.15, 0.2) is 54.6 Å². The SMILES string of the molecule is COc1ccccc1N1CCN(CCCCC2C=C(c3cccc([N+](=O)[O-])c3)NO2)CC1. The van der Waals surface area contributed by atoms with E-state index >= 15 is 0 Å². The molecule has 1 saturated heterocycles. The second kappa shape index (κ2) is 10.5. The highest BCUT2D eigenvalue weighted by molar-refractivity contribution is 5.66. The van der Waals surface area contributed by atoms with Crippen molar-refractivity contribution < 1.29 is 14.5 Å². The van der Waals surface area contributed by atoms with Crippen molar-refractivity contribution in [2.75, 3.05) is 44.7 Å². The fourth-order valence-electron chi connectivity index (χ4n) is 4.26. The van der Waals surface area contributed by atoms with E-state index < -0.39 is 0 Å². The van der Waals surface area contributed by atoms with Gasteiger partial charge in [-0.15, -0.1) is 0 Å². The Balaban J connectivity index is 1.18. The maximum absolute atomic E-state index is 11.0. The smallest absolute Gasteiger partial charge is 0.270 e. The predicted octanol–water partition coefficient (Wildman–Crippen LogP) is 3.84. The third-order valence-corrected chi connectivity index (χ3v) is 6.05. The highest BCUT2D eigenvalue weighted by atomic mass is 16.7. The third-order valence-electron chi connectivity index (χ3n) is 6.05. The number of hydrogen-bond acceptors (Lipinski definition) is 7. The van der Waals surface area contributed by atoms with Gasteiger partial charge < -0.3 is 9.64 Å². The molecule has 8 heteroatoms. The zero-order valence-electron chi connectivity index (χ0n) is 18.4. The molecule has 0 spiro atoms. The Morgan fingerprint density at radius 2 is 1.94 bits per heavy atom. The molecular formula is C24H30N4O4. The number of hydroxylamine groups is 1. The van der Waals surface area contributed by atoms with Crippen LogP contribution in [0, 0.1) is 10.1 Å². The van der Waals surface area contributed by atoms with Crippen LogP contribution in [0.4, 0.5) is 11.4 Å². The molecule has 2 aliphatic heterocycles. The van der Waals surface area contributed by atoms with Crippen molar-refractivity contribution in [3.63, 3.8) is 0 Å². The van der Waals surface area contributed by atoms with Gasteiger partial charge in [0.15, 0.2) is 0 Å². The Morgan fingerprint density at radius 3 is 2.72 bits per heavy atom. The molecule has 0 amide bonds. The van der Waals surface area contributed by atoms with Crippen molar-refractivity contribution in [1.29, 1.82) is 0 Å². The highest BCUT2D eigenvalue weighted by Gasteiger charge is 2.21. The molecule has 0 saturated carbocycles.